The number of piperidine rings is 1. The number of aromatic nitrogens is 1. The van der Waals surface area contributed by atoms with Crippen LogP contribution in [-0.2, 0) is 0 Å². The predicted octanol–water partition coefficient (Wildman–Crippen LogP) is 1.84. The van der Waals surface area contributed by atoms with Gasteiger partial charge in [0.1, 0.15) is 0 Å². The minimum atomic E-state index is 0.481. The molecule has 17 heavy (non-hydrogen) atoms. The number of rotatable bonds is 3. The number of hydrogen-bond donors (Lipinski definition) is 1. The molecular weight excluding hydrogens is 214 g/mol. The minimum absolute atomic E-state index is 0.481. The number of nitrogens with one attached hydrogen (secondary N) is 1. The third-order valence-electron chi connectivity index (χ3n) is 3.42. The summed E-state index contributed by atoms with van der Waals surface area (Å²) in [4.78, 5) is 6.72. The minimum Gasteiger partial charge on any atom is -0.493 e. The molecule has 1 aliphatic rings. The van der Waals surface area contributed by atoms with Crippen LogP contribution >= 0.6 is 0 Å². The third-order valence-corrected chi connectivity index (χ3v) is 3.42. The lowest BCUT2D eigenvalue weighted by atomic mass is 9.94. The molecule has 1 saturated heterocycles. The summed E-state index contributed by atoms with van der Waals surface area (Å²) >= 11 is 0. The topological polar surface area (TPSA) is 37.4 Å². The Morgan fingerprint density at radius 3 is 3.06 bits per heavy atom. The van der Waals surface area contributed by atoms with E-state index >= 15 is 0 Å². The van der Waals surface area contributed by atoms with Gasteiger partial charge in [-0.3, -0.25) is 0 Å². The molecule has 0 aliphatic carbocycles. The molecule has 0 bridgehead atoms. The van der Waals surface area contributed by atoms with E-state index in [1.807, 2.05) is 12.1 Å². The second-order valence-electron chi connectivity index (χ2n) is 4.83. The van der Waals surface area contributed by atoms with E-state index in [-0.39, 0.29) is 0 Å². The maximum atomic E-state index is 5.31. The fourth-order valence-corrected chi connectivity index (χ4v) is 2.41. The van der Waals surface area contributed by atoms with Crippen LogP contribution in [0.1, 0.15) is 13.3 Å². The molecule has 2 unspecified atom stereocenters. The highest BCUT2D eigenvalue weighted by atomic mass is 16.5. The van der Waals surface area contributed by atoms with Crippen LogP contribution in [0.4, 0.5) is 5.82 Å². The van der Waals surface area contributed by atoms with Crippen LogP contribution in [0.2, 0.25) is 0 Å². The van der Waals surface area contributed by atoms with Crippen LogP contribution in [0.25, 0.3) is 0 Å². The van der Waals surface area contributed by atoms with Crippen LogP contribution in [0.3, 0.4) is 0 Å². The lowest BCUT2D eigenvalue weighted by Crippen LogP contribution is -2.43. The average molecular weight is 235 g/mol. The molecule has 1 N–H and O–H groups in total. The number of pyridine rings is 1. The number of nitrogens with zero attached hydrogens (tertiary/aromatic N) is 2. The summed E-state index contributed by atoms with van der Waals surface area (Å²) in [6, 6.07) is 4.31. The van der Waals surface area contributed by atoms with Gasteiger partial charge in [0, 0.05) is 18.8 Å². The van der Waals surface area contributed by atoms with Crippen molar-refractivity contribution in [3.05, 3.63) is 18.3 Å². The van der Waals surface area contributed by atoms with Crippen LogP contribution in [0, 0.1) is 5.92 Å². The first-order valence-electron chi connectivity index (χ1n) is 6.15. The van der Waals surface area contributed by atoms with E-state index in [0.717, 1.165) is 31.1 Å². The normalized spacial score (nSPS) is 25.6. The highest BCUT2D eigenvalue weighted by molar-refractivity contribution is 5.50. The van der Waals surface area contributed by atoms with E-state index < -0.39 is 0 Å². The molecule has 0 radical (unpaired) electrons. The Morgan fingerprint density at radius 2 is 2.35 bits per heavy atom. The summed E-state index contributed by atoms with van der Waals surface area (Å²) in [5, 5.41) is 3.51. The Kier molecular flexibility index (Phi) is 3.84. The summed E-state index contributed by atoms with van der Waals surface area (Å²) in [7, 11) is 3.86. The highest BCUT2D eigenvalue weighted by Crippen LogP contribution is 2.25. The summed E-state index contributed by atoms with van der Waals surface area (Å²) in [5.41, 5.74) is 0. The molecule has 0 amide bonds. The Hall–Kier alpha value is -1.29. The molecule has 4 heteroatoms. The number of anilines is 1. The van der Waals surface area contributed by atoms with E-state index in [1.54, 1.807) is 13.3 Å². The van der Waals surface area contributed by atoms with Crippen molar-refractivity contribution in [2.75, 3.05) is 32.6 Å². The molecule has 1 aromatic heterocycles. The standard InChI is InChI=1S/C13H21N3O/c1-10-9-16(2)8-6-11(10)15-13-12(17-3)5-4-7-14-13/h4-5,7,10-11H,6,8-9H2,1-3H3,(H,14,15). The van der Waals surface area contributed by atoms with Crippen LogP contribution < -0.4 is 10.1 Å². The Balaban J connectivity index is 2.05. The van der Waals surface area contributed by atoms with Gasteiger partial charge in [-0.05, 0) is 38.1 Å². The van der Waals surface area contributed by atoms with Gasteiger partial charge in [0.2, 0.25) is 0 Å². The zero-order valence-electron chi connectivity index (χ0n) is 10.8. The second-order valence-corrected chi connectivity index (χ2v) is 4.83. The molecule has 0 aromatic carbocycles. The van der Waals surface area contributed by atoms with Crippen molar-refractivity contribution < 1.29 is 4.74 Å². The maximum Gasteiger partial charge on any atom is 0.168 e. The van der Waals surface area contributed by atoms with Crippen LogP contribution in [0.15, 0.2) is 18.3 Å². The van der Waals surface area contributed by atoms with Crippen LogP contribution in [0.5, 0.6) is 5.75 Å². The zero-order chi connectivity index (χ0) is 12.3. The van der Waals surface area contributed by atoms with Gasteiger partial charge in [-0.2, -0.15) is 0 Å². The van der Waals surface area contributed by atoms with E-state index in [9.17, 15) is 0 Å². The average Bonchev–Trinajstić information content (AvgIpc) is 2.33. The number of methoxy groups -OCH3 is 1. The summed E-state index contributed by atoms with van der Waals surface area (Å²) in [6.45, 7) is 4.55. The number of ether oxygens (including phenoxy) is 1. The lowest BCUT2D eigenvalue weighted by Gasteiger charge is -2.35. The van der Waals surface area contributed by atoms with Crippen molar-refractivity contribution in [2.45, 2.75) is 19.4 Å². The molecule has 1 aromatic rings. The third kappa shape index (κ3) is 2.88. The van der Waals surface area contributed by atoms with Gasteiger partial charge >= 0.3 is 0 Å². The van der Waals surface area contributed by atoms with Gasteiger partial charge in [-0.15, -0.1) is 0 Å². The maximum absolute atomic E-state index is 5.31. The van der Waals surface area contributed by atoms with E-state index in [2.05, 4.69) is 29.2 Å². The molecule has 2 rings (SSSR count). The second kappa shape index (κ2) is 5.36. The molecule has 94 valence electrons. The van der Waals surface area contributed by atoms with Crippen molar-refractivity contribution in [1.29, 1.82) is 0 Å². The highest BCUT2D eigenvalue weighted by Gasteiger charge is 2.24. The number of likely N-dealkylation sites (tertiary alicyclic amines) is 1. The van der Waals surface area contributed by atoms with Crippen molar-refractivity contribution in [3.8, 4) is 5.75 Å². The molecule has 1 fully saturated rings. The van der Waals surface area contributed by atoms with E-state index in [4.69, 9.17) is 4.74 Å². The largest absolute Gasteiger partial charge is 0.493 e. The van der Waals surface area contributed by atoms with Gasteiger partial charge in [-0.25, -0.2) is 4.98 Å². The summed E-state index contributed by atoms with van der Waals surface area (Å²) in [5.74, 6) is 2.30. The molecule has 2 heterocycles. The van der Waals surface area contributed by atoms with E-state index in [1.165, 1.54) is 0 Å². The molecular formula is C13H21N3O. The molecule has 0 saturated carbocycles. The quantitative estimate of drug-likeness (QED) is 0.867. The fraction of sp³-hybridized carbons (Fsp3) is 0.615. The van der Waals surface area contributed by atoms with Crippen LogP contribution in [-0.4, -0.2) is 43.2 Å². The van der Waals surface area contributed by atoms with Gasteiger partial charge in [0.05, 0.1) is 7.11 Å². The van der Waals surface area contributed by atoms with Crippen molar-refractivity contribution >= 4 is 5.82 Å². The molecule has 4 nitrogen and oxygen atoms in total. The first-order chi connectivity index (χ1) is 8.20. The zero-order valence-corrected chi connectivity index (χ0v) is 10.8. The molecule has 0 spiro atoms. The Labute approximate surface area is 103 Å². The smallest absolute Gasteiger partial charge is 0.168 e. The van der Waals surface area contributed by atoms with Gasteiger partial charge < -0.3 is 15.0 Å². The Morgan fingerprint density at radius 1 is 1.53 bits per heavy atom. The van der Waals surface area contributed by atoms with Gasteiger partial charge in [0.25, 0.3) is 0 Å². The van der Waals surface area contributed by atoms with Crippen molar-refractivity contribution in [1.82, 2.24) is 9.88 Å². The van der Waals surface area contributed by atoms with Gasteiger partial charge in [0.15, 0.2) is 11.6 Å². The van der Waals surface area contributed by atoms with Gasteiger partial charge in [-0.1, -0.05) is 6.92 Å². The SMILES string of the molecule is COc1cccnc1NC1CCN(C)CC1C. The van der Waals surface area contributed by atoms with Crippen molar-refractivity contribution in [2.24, 2.45) is 5.92 Å². The first kappa shape index (κ1) is 12.2. The number of hydrogen-bond acceptors (Lipinski definition) is 4. The summed E-state index contributed by atoms with van der Waals surface area (Å²) < 4.78 is 5.31. The van der Waals surface area contributed by atoms with E-state index in [0.29, 0.717) is 12.0 Å². The first-order valence-corrected chi connectivity index (χ1v) is 6.15. The predicted molar refractivity (Wildman–Crippen MR) is 69.5 cm³/mol. The summed E-state index contributed by atoms with van der Waals surface area (Å²) in [6.07, 6.45) is 2.95. The Bertz CT molecular complexity index is 369. The van der Waals surface area contributed by atoms with Crippen molar-refractivity contribution in [3.63, 3.8) is 0 Å². The molecule has 1 aliphatic heterocycles. The molecule has 2 atom stereocenters. The lowest BCUT2D eigenvalue weighted by molar-refractivity contribution is 0.205. The fourth-order valence-electron chi connectivity index (χ4n) is 2.41. The monoisotopic (exact) mass is 235 g/mol.